The van der Waals surface area contributed by atoms with Crippen LogP contribution >= 0.6 is 31.9 Å². The standard InChI is InChI=1S/C33H37Br2NO4/c1-32(2)15-24-30(26(37)17-32)29(31-25(36(24)12-13-39-5)16-33(3,4)18-27(31)38)23-14-22(35)10-11-28(23)40-19-20-6-8-21(34)9-7-20/h6-11,14,29H,12-13,15-19H2,1-5H3. The summed E-state index contributed by atoms with van der Waals surface area (Å²) in [4.78, 5) is 30.4. The molecule has 5 nitrogen and oxygen atoms in total. The fourth-order valence-electron chi connectivity index (χ4n) is 6.43. The quantitative estimate of drug-likeness (QED) is 0.298. The highest BCUT2D eigenvalue weighted by Gasteiger charge is 2.49. The van der Waals surface area contributed by atoms with Crippen molar-refractivity contribution >= 4 is 43.4 Å². The summed E-state index contributed by atoms with van der Waals surface area (Å²) in [6.45, 7) is 10.1. The van der Waals surface area contributed by atoms with Crippen LogP contribution in [0.25, 0.3) is 0 Å². The maximum absolute atomic E-state index is 14.1. The number of hydrogen-bond donors (Lipinski definition) is 0. The molecule has 0 spiro atoms. The van der Waals surface area contributed by atoms with Crippen molar-refractivity contribution in [3.63, 3.8) is 0 Å². The third-order valence-corrected chi connectivity index (χ3v) is 9.15. The molecule has 212 valence electrons. The summed E-state index contributed by atoms with van der Waals surface area (Å²) >= 11 is 7.16. The van der Waals surface area contributed by atoms with E-state index in [9.17, 15) is 9.59 Å². The smallest absolute Gasteiger partial charge is 0.162 e. The molecule has 0 saturated carbocycles. The van der Waals surface area contributed by atoms with Gasteiger partial charge in [0.05, 0.1) is 6.61 Å². The molecule has 5 rings (SSSR count). The van der Waals surface area contributed by atoms with Crippen molar-refractivity contribution < 1.29 is 19.1 Å². The topological polar surface area (TPSA) is 55.8 Å². The molecule has 1 heterocycles. The molecular weight excluding hydrogens is 634 g/mol. The van der Waals surface area contributed by atoms with E-state index in [2.05, 4.69) is 64.5 Å². The largest absolute Gasteiger partial charge is 0.489 e. The highest BCUT2D eigenvalue weighted by molar-refractivity contribution is 9.10. The maximum Gasteiger partial charge on any atom is 0.162 e. The van der Waals surface area contributed by atoms with E-state index in [0.717, 1.165) is 55.5 Å². The Labute approximate surface area is 254 Å². The Kier molecular flexibility index (Phi) is 8.21. The average molecular weight is 671 g/mol. The van der Waals surface area contributed by atoms with Crippen LogP contribution < -0.4 is 4.74 Å². The van der Waals surface area contributed by atoms with E-state index in [-0.39, 0.29) is 22.4 Å². The Bertz CT molecular complexity index is 1350. The SMILES string of the molecule is COCCN1C2=C(C(=O)CC(C)(C)C2)C(c2cc(Br)ccc2OCc2ccc(Br)cc2)C2=C1CC(C)(C)CC2=O. The first-order valence-electron chi connectivity index (χ1n) is 13.8. The second kappa shape index (κ2) is 11.2. The van der Waals surface area contributed by atoms with Gasteiger partial charge in [-0.05, 0) is 59.6 Å². The molecule has 0 bridgehead atoms. The summed E-state index contributed by atoms with van der Waals surface area (Å²) in [7, 11) is 1.69. The fraction of sp³-hybridized carbons (Fsp3) is 0.455. The number of ether oxygens (including phenoxy) is 2. The molecule has 0 aromatic heterocycles. The molecule has 0 amide bonds. The predicted octanol–water partition coefficient (Wildman–Crippen LogP) is 8.12. The van der Waals surface area contributed by atoms with E-state index in [4.69, 9.17) is 9.47 Å². The zero-order valence-corrected chi connectivity index (χ0v) is 27.1. The van der Waals surface area contributed by atoms with Crippen LogP contribution in [0.5, 0.6) is 5.75 Å². The molecule has 0 saturated heterocycles. The minimum absolute atomic E-state index is 0.113. The van der Waals surface area contributed by atoms with Gasteiger partial charge in [-0.25, -0.2) is 0 Å². The summed E-state index contributed by atoms with van der Waals surface area (Å²) in [6, 6.07) is 14.0. The van der Waals surface area contributed by atoms with Crippen molar-refractivity contribution in [2.24, 2.45) is 10.8 Å². The van der Waals surface area contributed by atoms with Gasteiger partial charge in [0, 0.05) is 69.5 Å². The Hall–Kier alpha value is -2.22. The van der Waals surface area contributed by atoms with Crippen LogP contribution in [-0.4, -0.2) is 36.7 Å². The number of ketones is 2. The molecule has 7 heteroatoms. The fourth-order valence-corrected chi connectivity index (χ4v) is 7.07. The number of carbonyl (C=O) groups is 2. The van der Waals surface area contributed by atoms with Gasteiger partial charge in [0.15, 0.2) is 11.6 Å². The molecule has 2 aliphatic carbocycles. The van der Waals surface area contributed by atoms with Gasteiger partial charge in [-0.15, -0.1) is 0 Å². The maximum atomic E-state index is 14.1. The van der Waals surface area contributed by atoms with Gasteiger partial charge in [-0.1, -0.05) is 71.7 Å². The number of methoxy groups -OCH3 is 1. The number of halogens is 2. The van der Waals surface area contributed by atoms with Crippen molar-refractivity contribution in [1.82, 2.24) is 4.90 Å². The lowest BCUT2D eigenvalue weighted by Crippen LogP contribution is -2.45. The second-order valence-electron chi connectivity index (χ2n) is 12.8. The highest BCUT2D eigenvalue weighted by Crippen LogP contribution is 2.55. The van der Waals surface area contributed by atoms with Crippen molar-refractivity contribution in [1.29, 1.82) is 0 Å². The van der Waals surface area contributed by atoms with Gasteiger partial charge in [-0.2, -0.15) is 0 Å². The third-order valence-electron chi connectivity index (χ3n) is 8.13. The van der Waals surface area contributed by atoms with Gasteiger partial charge < -0.3 is 14.4 Å². The number of rotatable bonds is 7. The lowest BCUT2D eigenvalue weighted by atomic mass is 9.63. The number of nitrogens with zero attached hydrogens (tertiary/aromatic N) is 1. The molecule has 2 aromatic carbocycles. The number of carbonyl (C=O) groups excluding carboxylic acids is 2. The second-order valence-corrected chi connectivity index (χ2v) is 14.6. The molecule has 0 N–H and O–H groups in total. The van der Waals surface area contributed by atoms with Crippen LogP contribution in [0.1, 0.15) is 70.4 Å². The third kappa shape index (κ3) is 5.88. The summed E-state index contributed by atoms with van der Waals surface area (Å²) in [5.41, 5.74) is 5.11. The highest BCUT2D eigenvalue weighted by atomic mass is 79.9. The summed E-state index contributed by atoms with van der Waals surface area (Å²) in [6.07, 6.45) is 2.43. The molecule has 2 aromatic rings. The lowest BCUT2D eigenvalue weighted by Gasteiger charge is -2.49. The molecule has 3 aliphatic rings. The molecule has 40 heavy (non-hydrogen) atoms. The molecule has 0 fully saturated rings. The normalized spacial score (nSPS) is 20.5. The van der Waals surface area contributed by atoms with Gasteiger partial charge >= 0.3 is 0 Å². The van der Waals surface area contributed by atoms with Crippen molar-refractivity contribution in [2.45, 2.75) is 65.9 Å². The summed E-state index contributed by atoms with van der Waals surface area (Å²) in [5, 5.41) is 0. The molecule has 1 aliphatic heterocycles. The number of Topliss-reactive ketones (excluding diaryl/α,β-unsaturated/α-hetero) is 2. The van der Waals surface area contributed by atoms with Crippen molar-refractivity contribution in [3.05, 3.63) is 85.1 Å². The lowest BCUT2D eigenvalue weighted by molar-refractivity contribution is -0.119. The zero-order valence-electron chi connectivity index (χ0n) is 23.9. The first kappa shape index (κ1) is 29.3. The monoisotopic (exact) mass is 669 g/mol. The van der Waals surface area contributed by atoms with Crippen LogP contribution in [0, 0.1) is 10.8 Å². The van der Waals surface area contributed by atoms with E-state index in [1.807, 2.05) is 42.5 Å². The van der Waals surface area contributed by atoms with E-state index >= 15 is 0 Å². The van der Waals surface area contributed by atoms with E-state index in [0.29, 0.717) is 38.3 Å². The van der Waals surface area contributed by atoms with E-state index in [1.165, 1.54) is 0 Å². The minimum Gasteiger partial charge on any atom is -0.489 e. The van der Waals surface area contributed by atoms with Gasteiger partial charge in [0.25, 0.3) is 0 Å². The van der Waals surface area contributed by atoms with E-state index in [1.54, 1.807) is 7.11 Å². The predicted molar refractivity (Wildman–Crippen MR) is 164 cm³/mol. The van der Waals surface area contributed by atoms with Crippen LogP contribution in [0.3, 0.4) is 0 Å². The zero-order chi connectivity index (χ0) is 28.8. The Morgan fingerprint density at radius 1 is 0.825 bits per heavy atom. The number of benzene rings is 2. The van der Waals surface area contributed by atoms with Crippen LogP contribution in [-0.2, 0) is 20.9 Å². The summed E-state index contributed by atoms with van der Waals surface area (Å²) < 4.78 is 13.8. The van der Waals surface area contributed by atoms with E-state index < -0.39 is 5.92 Å². The molecule has 0 unspecified atom stereocenters. The number of hydrogen-bond acceptors (Lipinski definition) is 5. The number of allylic oxidation sites excluding steroid dienone is 4. The van der Waals surface area contributed by atoms with Crippen molar-refractivity contribution in [2.75, 3.05) is 20.3 Å². The van der Waals surface area contributed by atoms with Gasteiger partial charge in [-0.3, -0.25) is 9.59 Å². The average Bonchev–Trinajstić information content (AvgIpc) is 2.86. The molecule has 0 radical (unpaired) electrons. The van der Waals surface area contributed by atoms with Crippen LogP contribution in [0.2, 0.25) is 0 Å². The van der Waals surface area contributed by atoms with Crippen LogP contribution in [0.4, 0.5) is 0 Å². The van der Waals surface area contributed by atoms with Crippen molar-refractivity contribution in [3.8, 4) is 5.75 Å². The van der Waals surface area contributed by atoms with Gasteiger partial charge in [0.1, 0.15) is 12.4 Å². The molecular formula is C33H37Br2NO4. The molecule has 0 atom stereocenters. The van der Waals surface area contributed by atoms with Gasteiger partial charge in [0.2, 0.25) is 0 Å². The first-order valence-corrected chi connectivity index (χ1v) is 15.4. The Morgan fingerprint density at radius 3 is 1.93 bits per heavy atom. The van der Waals surface area contributed by atoms with Crippen LogP contribution in [0.15, 0.2) is 74.0 Å². The summed E-state index contributed by atoms with van der Waals surface area (Å²) in [5.74, 6) is 0.451. The first-order chi connectivity index (χ1) is 18.9. The Balaban J connectivity index is 1.69. The minimum atomic E-state index is -0.464. The Morgan fingerprint density at radius 2 is 1.38 bits per heavy atom.